The zero-order valence-electron chi connectivity index (χ0n) is 10.2. The van der Waals surface area contributed by atoms with Gasteiger partial charge in [-0.3, -0.25) is 9.98 Å². The van der Waals surface area contributed by atoms with Crippen molar-refractivity contribution >= 4 is 22.8 Å². The number of nitrogens with zero attached hydrogens (tertiary/aromatic N) is 2. The van der Waals surface area contributed by atoms with E-state index in [0.29, 0.717) is 5.69 Å². The Morgan fingerprint density at radius 1 is 1.00 bits per heavy atom. The molecule has 0 unspecified atom stereocenters. The highest BCUT2D eigenvalue weighted by atomic mass is 16.3. The van der Waals surface area contributed by atoms with E-state index in [1.54, 1.807) is 30.6 Å². The second-order valence-corrected chi connectivity index (χ2v) is 4.20. The Hall–Kier alpha value is -2.68. The number of phenolic OH excluding ortho intramolecular Hbond substituents is 1. The Morgan fingerprint density at radius 2 is 1.89 bits per heavy atom. The number of aliphatic imine (C=N–C) groups is 1. The lowest BCUT2D eigenvalue weighted by molar-refractivity contribution is 0.477. The third-order valence-electron chi connectivity index (χ3n) is 2.86. The summed E-state index contributed by atoms with van der Waals surface area (Å²) in [5.41, 5.74) is 2.50. The Balaban J connectivity index is 1.95. The van der Waals surface area contributed by atoms with E-state index in [9.17, 15) is 5.11 Å². The Morgan fingerprint density at radius 3 is 2.79 bits per heavy atom. The van der Waals surface area contributed by atoms with E-state index in [1.165, 1.54) is 0 Å². The predicted molar refractivity (Wildman–Crippen MR) is 77.1 cm³/mol. The second kappa shape index (κ2) is 4.90. The van der Waals surface area contributed by atoms with Gasteiger partial charge in [0.15, 0.2) is 0 Å². The summed E-state index contributed by atoms with van der Waals surface area (Å²) in [4.78, 5) is 8.56. The quantitative estimate of drug-likeness (QED) is 0.703. The van der Waals surface area contributed by atoms with Crippen LogP contribution in [0.2, 0.25) is 0 Å². The maximum Gasteiger partial charge on any atom is 0.141 e. The molecule has 0 aliphatic carbocycles. The highest BCUT2D eigenvalue weighted by Gasteiger charge is 1.97. The van der Waals surface area contributed by atoms with Crippen LogP contribution < -0.4 is 0 Å². The first-order valence-corrected chi connectivity index (χ1v) is 6.00. The van der Waals surface area contributed by atoms with Crippen LogP contribution in [0.15, 0.2) is 65.8 Å². The van der Waals surface area contributed by atoms with Crippen LogP contribution in [0.1, 0.15) is 5.56 Å². The van der Waals surface area contributed by atoms with Gasteiger partial charge in [-0.2, -0.15) is 0 Å². The number of hydrogen-bond acceptors (Lipinski definition) is 3. The summed E-state index contributed by atoms with van der Waals surface area (Å²) in [5.74, 6) is 0.182. The van der Waals surface area contributed by atoms with Gasteiger partial charge in [0, 0.05) is 17.8 Å². The van der Waals surface area contributed by atoms with Crippen LogP contribution in [0.3, 0.4) is 0 Å². The van der Waals surface area contributed by atoms with E-state index in [-0.39, 0.29) is 5.75 Å². The summed E-state index contributed by atoms with van der Waals surface area (Å²) < 4.78 is 0. The molecule has 0 aliphatic heterocycles. The van der Waals surface area contributed by atoms with Crippen molar-refractivity contribution in [2.24, 2.45) is 4.99 Å². The average molecular weight is 248 g/mol. The molecule has 0 bridgehead atoms. The van der Waals surface area contributed by atoms with Gasteiger partial charge >= 0.3 is 0 Å². The van der Waals surface area contributed by atoms with Crippen LogP contribution in [0.5, 0.6) is 5.75 Å². The number of hydrogen-bond donors (Lipinski definition) is 1. The summed E-state index contributed by atoms with van der Waals surface area (Å²) in [6.45, 7) is 0. The molecule has 0 aliphatic rings. The van der Waals surface area contributed by atoms with Crippen LogP contribution in [0, 0.1) is 0 Å². The highest BCUT2D eigenvalue weighted by molar-refractivity contribution is 5.89. The van der Waals surface area contributed by atoms with Gasteiger partial charge in [0.25, 0.3) is 0 Å². The average Bonchev–Trinajstić information content (AvgIpc) is 2.46. The van der Waals surface area contributed by atoms with Gasteiger partial charge in [0.2, 0.25) is 0 Å². The van der Waals surface area contributed by atoms with Gasteiger partial charge in [0.1, 0.15) is 11.4 Å². The Labute approximate surface area is 110 Å². The first-order chi connectivity index (χ1) is 9.33. The molecule has 1 N–H and O–H groups in total. The van der Waals surface area contributed by atoms with E-state index in [1.807, 2.05) is 36.4 Å². The van der Waals surface area contributed by atoms with Gasteiger partial charge in [-0.25, -0.2) is 0 Å². The van der Waals surface area contributed by atoms with Crippen LogP contribution in [-0.4, -0.2) is 16.3 Å². The number of rotatable bonds is 2. The van der Waals surface area contributed by atoms with Crippen LogP contribution in [-0.2, 0) is 0 Å². The maximum absolute atomic E-state index is 9.64. The fourth-order valence-electron chi connectivity index (χ4n) is 1.89. The number of pyridine rings is 1. The molecule has 3 aromatic rings. The summed E-state index contributed by atoms with van der Waals surface area (Å²) >= 11 is 0. The van der Waals surface area contributed by atoms with Crippen molar-refractivity contribution in [2.75, 3.05) is 0 Å². The summed E-state index contributed by atoms with van der Waals surface area (Å²) in [6.07, 6.45) is 3.51. The van der Waals surface area contributed by atoms with Gasteiger partial charge in [-0.1, -0.05) is 24.3 Å². The number of fused-ring (bicyclic) bond motifs is 1. The molecule has 0 amide bonds. The largest absolute Gasteiger partial charge is 0.506 e. The molecule has 3 rings (SSSR count). The standard InChI is InChI=1S/C16H12N2O/c19-16-6-2-1-5-15(16)18-11-12-7-8-14-13(10-12)4-3-9-17-14/h1-11,19H. The number of para-hydroxylation sites is 2. The molecule has 0 atom stereocenters. The molecule has 0 spiro atoms. The lowest BCUT2D eigenvalue weighted by Gasteiger charge is -1.99. The molecule has 19 heavy (non-hydrogen) atoms. The minimum atomic E-state index is 0.182. The van der Waals surface area contributed by atoms with Crippen LogP contribution in [0.25, 0.3) is 10.9 Å². The molecule has 1 aromatic heterocycles. The van der Waals surface area contributed by atoms with Crippen molar-refractivity contribution in [3.8, 4) is 5.75 Å². The Kier molecular flexibility index (Phi) is 2.94. The minimum Gasteiger partial charge on any atom is -0.506 e. The predicted octanol–water partition coefficient (Wildman–Crippen LogP) is 3.69. The van der Waals surface area contributed by atoms with E-state index in [0.717, 1.165) is 16.5 Å². The van der Waals surface area contributed by atoms with Gasteiger partial charge < -0.3 is 5.11 Å². The van der Waals surface area contributed by atoms with Gasteiger partial charge in [0.05, 0.1) is 5.52 Å². The first kappa shape index (κ1) is 11.4. The molecular formula is C16H12N2O. The van der Waals surface area contributed by atoms with Gasteiger partial charge in [-0.05, 0) is 35.9 Å². The van der Waals surface area contributed by atoms with Crippen molar-refractivity contribution in [2.45, 2.75) is 0 Å². The molecule has 0 radical (unpaired) electrons. The molecular weight excluding hydrogens is 236 g/mol. The SMILES string of the molecule is Oc1ccccc1N=Cc1ccc2ncccc2c1. The van der Waals surface area contributed by atoms with E-state index < -0.39 is 0 Å². The zero-order chi connectivity index (χ0) is 13.1. The number of phenols is 1. The minimum absolute atomic E-state index is 0.182. The van der Waals surface area contributed by atoms with E-state index in [2.05, 4.69) is 9.98 Å². The maximum atomic E-state index is 9.64. The van der Waals surface area contributed by atoms with Crippen molar-refractivity contribution in [1.82, 2.24) is 4.98 Å². The van der Waals surface area contributed by atoms with Crippen molar-refractivity contribution in [3.05, 3.63) is 66.4 Å². The molecule has 3 nitrogen and oxygen atoms in total. The second-order valence-electron chi connectivity index (χ2n) is 4.20. The molecule has 0 saturated heterocycles. The third kappa shape index (κ3) is 2.45. The highest BCUT2D eigenvalue weighted by Crippen LogP contribution is 2.24. The van der Waals surface area contributed by atoms with Crippen LogP contribution >= 0.6 is 0 Å². The number of aromatic nitrogens is 1. The lowest BCUT2D eigenvalue weighted by Crippen LogP contribution is -1.83. The number of benzene rings is 2. The van der Waals surface area contributed by atoms with Crippen LogP contribution in [0.4, 0.5) is 5.69 Å². The van der Waals surface area contributed by atoms with E-state index in [4.69, 9.17) is 0 Å². The van der Waals surface area contributed by atoms with Crippen molar-refractivity contribution in [3.63, 3.8) is 0 Å². The zero-order valence-corrected chi connectivity index (χ0v) is 10.2. The smallest absolute Gasteiger partial charge is 0.141 e. The molecule has 0 saturated carbocycles. The summed E-state index contributed by atoms with van der Waals surface area (Å²) in [5, 5.41) is 10.7. The first-order valence-electron chi connectivity index (χ1n) is 6.00. The molecule has 2 aromatic carbocycles. The molecule has 92 valence electrons. The summed E-state index contributed by atoms with van der Waals surface area (Å²) in [7, 11) is 0. The molecule has 1 heterocycles. The number of aromatic hydroxyl groups is 1. The monoisotopic (exact) mass is 248 g/mol. The fourth-order valence-corrected chi connectivity index (χ4v) is 1.89. The normalized spacial score (nSPS) is 11.2. The van der Waals surface area contributed by atoms with Gasteiger partial charge in [-0.15, -0.1) is 0 Å². The Bertz CT molecular complexity index is 750. The molecule has 0 fully saturated rings. The van der Waals surface area contributed by atoms with Crippen molar-refractivity contribution < 1.29 is 5.11 Å². The fraction of sp³-hybridized carbons (Fsp3) is 0. The topological polar surface area (TPSA) is 45.5 Å². The van der Waals surface area contributed by atoms with Crippen molar-refractivity contribution in [1.29, 1.82) is 0 Å². The summed E-state index contributed by atoms with van der Waals surface area (Å²) in [6, 6.07) is 16.9. The van der Waals surface area contributed by atoms with E-state index >= 15 is 0 Å². The lowest BCUT2D eigenvalue weighted by atomic mass is 10.1. The molecule has 3 heteroatoms. The third-order valence-corrected chi connectivity index (χ3v) is 2.86.